The largest absolute Gasteiger partial charge is 0.366 e. The number of anilines is 1. The van der Waals surface area contributed by atoms with E-state index in [9.17, 15) is 4.79 Å². The Morgan fingerprint density at radius 3 is 2.71 bits per heavy atom. The van der Waals surface area contributed by atoms with Gasteiger partial charge in [0.2, 0.25) is 0 Å². The second-order valence-corrected chi connectivity index (χ2v) is 6.74. The van der Waals surface area contributed by atoms with Crippen LogP contribution in [0.5, 0.6) is 0 Å². The Hall–Kier alpha value is -1.66. The molecule has 0 aromatic carbocycles. The summed E-state index contributed by atoms with van der Waals surface area (Å²) < 4.78 is 0. The first-order chi connectivity index (χ1) is 11.6. The summed E-state index contributed by atoms with van der Waals surface area (Å²) >= 11 is 6.11. The number of H-pyrrole nitrogens is 1. The molecule has 2 heterocycles. The summed E-state index contributed by atoms with van der Waals surface area (Å²) in [5.74, 6) is 0.670. The average Bonchev–Trinajstić information content (AvgIpc) is 3.43. The highest BCUT2D eigenvalue weighted by Crippen LogP contribution is 2.33. The van der Waals surface area contributed by atoms with E-state index < -0.39 is 0 Å². The Bertz CT molecular complexity index is 699. The van der Waals surface area contributed by atoms with Crippen LogP contribution in [-0.2, 0) is 0 Å². The number of aromatic amines is 1. The van der Waals surface area contributed by atoms with Gasteiger partial charge >= 0.3 is 0 Å². The third-order valence-corrected chi connectivity index (χ3v) is 5.13. The Labute approximate surface area is 147 Å². The number of piperazine rings is 1. The van der Waals surface area contributed by atoms with Crippen LogP contribution in [0, 0.1) is 5.92 Å². The predicted octanol–water partition coefficient (Wildman–Crippen LogP) is 1.97. The topological polar surface area (TPSA) is 64.6 Å². The third kappa shape index (κ3) is 3.70. The Morgan fingerprint density at radius 2 is 2.12 bits per heavy atom. The molecule has 1 aromatic heterocycles. The maximum absolute atomic E-state index is 11.6. The number of aliphatic imine (C=N–C) groups is 1. The predicted molar refractivity (Wildman–Crippen MR) is 98.4 cm³/mol. The van der Waals surface area contributed by atoms with Gasteiger partial charge in [-0.25, -0.2) is 5.10 Å². The highest BCUT2D eigenvalue weighted by Gasteiger charge is 2.30. The molecule has 24 heavy (non-hydrogen) atoms. The van der Waals surface area contributed by atoms with Gasteiger partial charge in [-0.2, -0.15) is 5.10 Å². The number of halogens is 1. The minimum Gasteiger partial charge on any atom is -0.366 e. The Morgan fingerprint density at radius 1 is 1.42 bits per heavy atom. The van der Waals surface area contributed by atoms with Crippen LogP contribution in [0.3, 0.4) is 0 Å². The normalized spacial score (nSPS) is 20.5. The average molecular weight is 350 g/mol. The van der Waals surface area contributed by atoms with Gasteiger partial charge in [0, 0.05) is 51.4 Å². The van der Waals surface area contributed by atoms with Crippen molar-refractivity contribution in [3.63, 3.8) is 0 Å². The molecule has 2 aliphatic rings. The van der Waals surface area contributed by atoms with E-state index in [4.69, 9.17) is 11.6 Å². The van der Waals surface area contributed by atoms with Gasteiger partial charge in [0.25, 0.3) is 5.56 Å². The maximum Gasteiger partial charge on any atom is 0.285 e. The zero-order valence-electron chi connectivity index (χ0n) is 14.3. The third-order valence-electron chi connectivity index (χ3n) is 4.77. The molecular weight excluding hydrogens is 326 g/mol. The summed E-state index contributed by atoms with van der Waals surface area (Å²) in [6.45, 7) is 6.58. The van der Waals surface area contributed by atoms with E-state index >= 15 is 0 Å². The number of nitrogens with zero attached hydrogens (tertiary/aromatic N) is 4. The zero-order chi connectivity index (χ0) is 17.1. The van der Waals surface area contributed by atoms with Gasteiger partial charge in [0.15, 0.2) is 0 Å². The molecule has 1 saturated heterocycles. The van der Waals surface area contributed by atoms with Gasteiger partial charge < -0.3 is 4.90 Å². The van der Waals surface area contributed by atoms with Crippen molar-refractivity contribution in [1.29, 1.82) is 0 Å². The lowest BCUT2D eigenvalue weighted by atomic mass is 10.1. The van der Waals surface area contributed by atoms with Gasteiger partial charge in [0.1, 0.15) is 5.02 Å². The molecule has 0 amide bonds. The van der Waals surface area contributed by atoms with Gasteiger partial charge in [-0.15, -0.1) is 0 Å². The van der Waals surface area contributed by atoms with Crippen molar-refractivity contribution in [3.05, 3.63) is 33.2 Å². The van der Waals surface area contributed by atoms with Crippen molar-refractivity contribution >= 4 is 23.0 Å². The fourth-order valence-electron chi connectivity index (χ4n) is 3.25. The van der Waals surface area contributed by atoms with Crippen molar-refractivity contribution in [1.82, 2.24) is 15.1 Å². The number of hydrogen-bond donors (Lipinski definition) is 1. The van der Waals surface area contributed by atoms with E-state index in [1.807, 2.05) is 7.05 Å². The summed E-state index contributed by atoms with van der Waals surface area (Å²) in [5, 5.41) is 6.44. The molecule has 3 rings (SSSR count). The number of rotatable bonds is 5. The fraction of sp³-hybridized carbons (Fsp3) is 0.588. The van der Waals surface area contributed by atoms with E-state index in [-0.39, 0.29) is 10.6 Å². The summed E-state index contributed by atoms with van der Waals surface area (Å²) in [6, 6.07) is 0. The first kappa shape index (κ1) is 17.2. The Kier molecular flexibility index (Phi) is 5.36. The number of allylic oxidation sites excluding steroid dienone is 1. The molecule has 0 atom stereocenters. The van der Waals surface area contributed by atoms with Crippen LogP contribution in [0.25, 0.3) is 0 Å². The van der Waals surface area contributed by atoms with Crippen LogP contribution in [0.15, 0.2) is 27.6 Å². The lowest BCUT2D eigenvalue weighted by Gasteiger charge is -2.36. The van der Waals surface area contributed by atoms with E-state index in [0.29, 0.717) is 5.92 Å². The molecule has 7 heteroatoms. The van der Waals surface area contributed by atoms with E-state index in [1.54, 1.807) is 6.20 Å². The number of nitrogens with one attached hydrogen (secondary N) is 1. The molecule has 0 radical (unpaired) electrons. The number of aromatic nitrogens is 2. The van der Waals surface area contributed by atoms with Crippen molar-refractivity contribution < 1.29 is 0 Å². The first-order valence-electron chi connectivity index (χ1n) is 8.46. The van der Waals surface area contributed by atoms with Crippen LogP contribution < -0.4 is 10.5 Å². The smallest absolute Gasteiger partial charge is 0.285 e. The molecule has 1 N–H and O–H groups in total. The molecule has 2 fully saturated rings. The molecule has 1 aliphatic heterocycles. The summed E-state index contributed by atoms with van der Waals surface area (Å²) in [6.07, 6.45) is 6.37. The molecular formula is C17H24ClN5O. The van der Waals surface area contributed by atoms with Gasteiger partial charge in [-0.05, 0) is 25.3 Å². The van der Waals surface area contributed by atoms with Crippen LogP contribution in [-0.4, -0.2) is 60.6 Å². The maximum atomic E-state index is 11.6. The highest BCUT2D eigenvalue weighted by molar-refractivity contribution is 6.33. The second kappa shape index (κ2) is 7.49. The van der Waals surface area contributed by atoms with E-state index in [2.05, 4.69) is 38.0 Å². The van der Waals surface area contributed by atoms with Crippen LogP contribution in [0.1, 0.15) is 19.8 Å². The van der Waals surface area contributed by atoms with Gasteiger partial charge in [-0.1, -0.05) is 17.7 Å². The molecule has 1 aromatic rings. The summed E-state index contributed by atoms with van der Waals surface area (Å²) in [7, 11) is 1.90. The SMILES string of the molecule is C/C=C(/CN1CCN(c2cn[nH]c(=O)c2Cl)CC1)C(=NC)C1CC1. The molecule has 0 unspecified atom stereocenters. The van der Waals surface area contributed by atoms with Crippen molar-refractivity contribution in [2.45, 2.75) is 19.8 Å². The standard InChI is InChI=1S/C17H24ClN5O/c1-3-12(16(19-2)13-4-5-13)11-22-6-8-23(9-7-22)14-10-20-21-17(24)15(14)18/h3,10,13H,4-9,11H2,1-2H3,(H,21,24)/b12-3-,19-16?. The van der Waals surface area contributed by atoms with Crippen LogP contribution in [0.4, 0.5) is 5.69 Å². The molecule has 0 bridgehead atoms. The molecule has 6 nitrogen and oxygen atoms in total. The highest BCUT2D eigenvalue weighted by atomic mass is 35.5. The van der Waals surface area contributed by atoms with Crippen LogP contribution in [0.2, 0.25) is 5.02 Å². The van der Waals surface area contributed by atoms with Gasteiger partial charge in [-0.3, -0.25) is 14.7 Å². The van der Waals surface area contributed by atoms with Crippen molar-refractivity contribution in [3.8, 4) is 0 Å². The van der Waals surface area contributed by atoms with E-state index in [1.165, 1.54) is 24.1 Å². The zero-order valence-corrected chi connectivity index (χ0v) is 15.0. The fourth-order valence-corrected chi connectivity index (χ4v) is 3.46. The summed E-state index contributed by atoms with van der Waals surface area (Å²) in [4.78, 5) is 20.7. The summed E-state index contributed by atoms with van der Waals surface area (Å²) in [5.41, 5.74) is 3.02. The van der Waals surface area contributed by atoms with Crippen LogP contribution >= 0.6 is 11.6 Å². The monoisotopic (exact) mass is 349 g/mol. The van der Waals surface area contributed by atoms with Crippen molar-refractivity contribution in [2.24, 2.45) is 10.9 Å². The lowest BCUT2D eigenvalue weighted by Crippen LogP contribution is -2.47. The molecule has 1 saturated carbocycles. The number of hydrogen-bond acceptors (Lipinski definition) is 5. The molecule has 1 aliphatic carbocycles. The lowest BCUT2D eigenvalue weighted by molar-refractivity contribution is 0.280. The van der Waals surface area contributed by atoms with E-state index in [0.717, 1.165) is 38.4 Å². The first-order valence-corrected chi connectivity index (χ1v) is 8.84. The Balaban J connectivity index is 1.61. The minimum atomic E-state index is -0.332. The van der Waals surface area contributed by atoms with Crippen molar-refractivity contribution in [2.75, 3.05) is 44.7 Å². The molecule has 130 valence electrons. The second-order valence-electron chi connectivity index (χ2n) is 6.36. The minimum absolute atomic E-state index is 0.224. The molecule has 0 spiro atoms. The quantitative estimate of drug-likeness (QED) is 0.825. The van der Waals surface area contributed by atoms with Gasteiger partial charge in [0.05, 0.1) is 11.9 Å².